The van der Waals surface area contributed by atoms with Gasteiger partial charge < -0.3 is 5.32 Å². The largest absolute Gasteiger partial charge is 0.316 e. The third-order valence-corrected chi connectivity index (χ3v) is 2.34. The third kappa shape index (κ3) is 1.75. The van der Waals surface area contributed by atoms with Crippen LogP contribution in [-0.2, 0) is 0 Å². The summed E-state index contributed by atoms with van der Waals surface area (Å²) < 4.78 is 0. The van der Waals surface area contributed by atoms with E-state index in [-0.39, 0.29) is 0 Å². The van der Waals surface area contributed by atoms with Crippen LogP contribution in [0.2, 0.25) is 0 Å². The SMILES string of the molecule is C#CCCC1CNCC1C. The highest BCUT2D eigenvalue weighted by Gasteiger charge is 2.21. The zero-order valence-corrected chi connectivity index (χ0v) is 6.56. The van der Waals surface area contributed by atoms with Gasteiger partial charge in [0.05, 0.1) is 0 Å². The van der Waals surface area contributed by atoms with Crippen LogP contribution in [0, 0.1) is 24.2 Å². The number of nitrogens with one attached hydrogen (secondary N) is 1. The van der Waals surface area contributed by atoms with Gasteiger partial charge in [0.2, 0.25) is 0 Å². The minimum absolute atomic E-state index is 0.827. The van der Waals surface area contributed by atoms with Crippen molar-refractivity contribution < 1.29 is 0 Å². The van der Waals surface area contributed by atoms with Crippen molar-refractivity contribution in [3.8, 4) is 12.3 Å². The average Bonchev–Trinajstić information content (AvgIpc) is 2.31. The zero-order valence-electron chi connectivity index (χ0n) is 6.56. The lowest BCUT2D eigenvalue weighted by molar-refractivity contribution is 0.428. The van der Waals surface area contributed by atoms with Crippen molar-refractivity contribution in [1.29, 1.82) is 0 Å². The van der Waals surface area contributed by atoms with Crippen LogP contribution in [0.4, 0.5) is 0 Å². The van der Waals surface area contributed by atoms with Crippen LogP contribution in [0.3, 0.4) is 0 Å². The van der Waals surface area contributed by atoms with E-state index < -0.39 is 0 Å². The molecule has 1 saturated heterocycles. The van der Waals surface area contributed by atoms with E-state index >= 15 is 0 Å². The van der Waals surface area contributed by atoms with E-state index in [1.165, 1.54) is 19.5 Å². The molecule has 2 atom stereocenters. The molecule has 1 rings (SSSR count). The first-order valence-corrected chi connectivity index (χ1v) is 3.98. The summed E-state index contributed by atoms with van der Waals surface area (Å²) in [5.74, 6) is 4.34. The second-order valence-electron chi connectivity index (χ2n) is 3.14. The minimum Gasteiger partial charge on any atom is -0.316 e. The molecule has 1 aliphatic rings. The standard InChI is InChI=1S/C9H15N/c1-3-4-5-9-7-10-6-8(9)2/h1,8-10H,4-7H2,2H3. The normalized spacial score (nSPS) is 32.0. The smallest absolute Gasteiger partial charge is 0.00892 e. The van der Waals surface area contributed by atoms with Crippen LogP contribution in [0.25, 0.3) is 0 Å². The Morgan fingerprint density at radius 3 is 2.90 bits per heavy atom. The molecule has 0 aliphatic carbocycles. The molecule has 1 nitrogen and oxygen atoms in total. The summed E-state index contributed by atoms with van der Waals surface area (Å²) >= 11 is 0. The van der Waals surface area contributed by atoms with E-state index in [2.05, 4.69) is 18.2 Å². The molecule has 0 aromatic carbocycles. The molecule has 10 heavy (non-hydrogen) atoms. The highest BCUT2D eigenvalue weighted by atomic mass is 14.9. The summed E-state index contributed by atoms with van der Waals surface area (Å²) in [7, 11) is 0. The fourth-order valence-corrected chi connectivity index (χ4v) is 1.52. The fraction of sp³-hybridized carbons (Fsp3) is 0.778. The Morgan fingerprint density at radius 2 is 2.40 bits per heavy atom. The van der Waals surface area contributed by atoms with Gasteiger partial charge in [-0.3, -0.25) is 0 Å². The molecule has 56 valence electrons. The first-order valence-electron chi connectivity index (χ1n) is 3.98. The lowest BCUT2D eigenvalue weighted by Crippen LogP contribution is -2.09. The minimum atomic E-state index is 0.827. The van der Waals surface area contributed by atoms with Gasteiger partial charge in [0.1, 0.15) is 0 Å². The summed E-state index contributed by atoms with van der Waals surface area (Å²) in [5.41, 5.74) is 0. The maximum Gasteiger partial charge on any atom is 0.00892 e. The molecule has 1 aliphatic heterocycles. The van der Waals surface area contributed by atoms with E-state index in [1.54, 1.807) is 0 Å². The highest BCUT2D eigenvalue weighted by Crippen LogP contribution is 2.20. The number of hydrogen-bond donors (Lipinski definition) is 1. The Kier molecular flexibility index (Phi) is 2.77. The molecule has 1 heteroatoms. The van der Waals surface area contributed by atoms with Crippen LogP contribution in [0.15, 0.2) is 0 Å². The van der Waals surface area contributed by atoms with Gasteiger partial charge >= 0.3 is 0 Å². The van der Waals surface area contributed by atoms with Gasteiger partial charge in [-0.2, -0.15) is 0 Å². The molecular formula is C9H15N. The first-order chi connectivity index (χ1) is 4.84. The number of rotatable bonds is 2. The Hall–Kier alpha value is -0.480. The van der Waals surface area contributed by atoms with Crippen LogP contribution < -0.4 is 5.32 Å². The third-order valence-electron chi connectivity index (χ3n) is 2.34. The molecule has 1 heterocycles. The molecule has 2 unspecified atom stereocenters. The predicted molar refractivity (Wildman–Crippen MR) is 43.6 cm³/mol. The Bertz CT molecular complexity index is 134. The summed E-state index contributed by atoms with van der Waals surface area (Å²) in [5, 5.41) is 3.36. The molecule has 0 aromatic rings. The van der Waals surface area contributed by atoms with Crippen molar-refractivity contribution in [1.82, 2.24) is 5.32 Å². The van der Waals surface area contributed by atoms with Gasteiger partial charge in [-0.05, 0) is 31.3 Å². The molecular weight excluding hydrogens is 122 g/mol. The van der Waals surface area contributed by atoms with Gasteiger partial charge in [-0.1, -0.05) is 6.92 Å². The molecule has 0 amide bonds. The summed E-state index contributed by atoms with van der Waals surface area (Å²) in [6.45, 7) is 4.64. The average molecular weight is 137 g/mol. The van der Waals surface area contributed by atoms with E-state index in [4.69, 9.17) is 6.42 Å². The number of terminal acetylenes is 1. The Labute approximate surface area is 63.2 Å². The van der Waals surface area contributed by atoms with Gasteiger partial charge in [0.15, 0.2) is 0 Å². The molecule has 0 spiro atoms. The van der Waals surface area contributed by atoms with Crippen molar-refractivity contribution in [3.05, 3.63) is 0 Å². The molecule has 0 saturated carbocycles. The second-order valence-corrected chi connectivity index (χ2v) is 3.14. The van der Waals surface area contributed by atoms with Gasteiger partial charge in [-0.25, -0.2) is 0 Å². The van der Waals surface area contributed by atoms with Gasteiger partial charge in [0, 0.05) is 6.42 Å². The van der Waals surface area contributed by atoms with Crippen LogP contribution >= 0.6 is 0 Å². The molecule has 1 fully saturated rings. The van der Waals surface area contributed by atoms with E-state index in [0.29, 0.717) is 0 Å². The second kappa shape index (κ2) is 3.63. The summed E-state index contributed by atoms with van der Waals surface area (Å²) in [6, 6.07) is 0. The zero-order chi connectivity index (χ0) is 7.40. The fourth-order valence-electron chi connectivity index (χ4n) is 1.52. The first kappa shape index (κ1) is 7.63. The van der Waals surface area contributed by atoms with Crippen molar-refractivity contribution >= 4 is 0 Å². The molecule has 0 radical (unpaired) electrons. The van der Waals surface area contributed by atoms with Crippen LogP contribution in [0.5, 0.6) is 0 Å². The molecule has 0 bridgehead atoms. The van der Waals surface area contributed by atoms with Crippen molar-refractivity contribution in [3.63, 3.8) is 0 Å². The van der Waals surface area contributed by atoms with Crippen LogP contribution in [-0.4, -0.2) is 13.1 Å². The van der Waals surface area contributed by atoms with Gasteiger partial charge in [0.25, 0.3) is 0 Å². The Morgan fingerprint density at radius 1 is 1.60 bits per heavy atom. The monoisotopic (exact) mass is 137 g/mol. The topological polar surface area (TPSA) is 12.0 Å². The maximum atomic E-state index is 5.18. The highest BCUT2D eigenvalue weighted by molar-refractivity contribution is 4.87. The Balaban J connectivity index is 2.21. The van der Waals surface area contributed by atoms with Gasteiger partial charge in [-0.15, -0.1) is 12.3 Å². The van der Waals surface area contributed by atoms with Crippen molar-refractivity contribution in [2.45, 2.75) is 19.8 Å². The van der Waals surface area contributed by atoms with Crippen molar-refractivity contribution in [2.75, 3.05) is 13.1 Å². The summed E-state index contributed by atoms with van der Waals surface area (Å²) in [4.78, 5) is 0. The lowest BCUT2D eigenvalue weighted by Gasteiger charge is -2.10. The summed E-state index contributed by atoms with van der Waals surface area (Å²) in [6.07, 6.45) is 7.32. The van der Waals surface area contributed by atoms with E-state index in [0.717, 1.165) is 18.3 Å². The predicted octanol–water partition coefficient (Wildman–Crippen LogP) is 1.26. The van der Waals surface area contributed by atoms with E-state index in [9.17, 15) is 0 Å². The molecule has 1 N–H and O–H groups in total. The van der Waals surface area contributed by atoms with Crippen molar-refractivity contribution in [2.24, 2.45) is 11.8 Å². The van der Waals surface area contributed by atoms with E-state index in [1.807, 2.05) is 0 Å². The lowest BCUT2D eigenvalue weighted by atomic mass is 9.94. The number of hydrogen-bond acceptors (Lipinski definition) is 1. The quantitative estimate of drug-likeness (QED) is 0.565. The maximum absolute atomic E-state index is 5.18. The molecule has 0 aromatic heterocycles. The van der Waals surface area contributed by atoms with Crippen LogP contribution in [0.1, 0.15) is 19.8 Å².